The molecular weight excluding hydrogens is 526 g/mol. The van der Waals surface area contributed by atoms with E-state index >= 15 is 0 Å². The lowest BCUT2D eigenvalue weighted by Gasteiger charge is -2.27. The first kappa shape index (κ1) is 28.7. The van der Waals surface area contributed by atoms with Crippen LogP contribution in [0, 0.1) is 19.8 Å². The maximum absolute atomic E-state index is 5.25. The molecule has 1 unspecified atom stereocenters. The monoisotopic (exact) mass is 569 g/mol. The van der Waals surface area contributed by atoms with Crippen molar-refractivity contribution in [2.24, 2.45) is 5.92 Å². The summed E-state index contributed by atoms with van der Waals surface area (Å²) < 4.78 is 2.28. The van der Waals surface area contributed by atoms with E-state index in [2.05, 4.69) is 149 Å². The Kier molecular flexibility index (Phi) is 7.37. The van der Waals surface area contributed by atoms with E-state index < -0.39 is 0 Å². The molecule has 220 valence electrons. The quantitative estimate of drug-likeness (QED) is 0.187. The largest absolute Gasteiger partial charge is 0.376 e. The molecule has 5 heteroatoms. The van der Waals surface area contributed by atoms with Gasteiger partial charge < -0.3 is 9.80 Å². The number of hydrogen-bond acceptors (Lipinski definition) is 4. The van der Waals surface area contributed by atoms with E-state index in [4.69, 9.17) is 9.97 Å². The van der Waals surface area contributed by atoms with Crippen molar-refractivity contribution in [3.63, 3.8) is 0 Å². The second-order valence-electron chi connectivity index (χ2n) is 12.8. The van der Waals surface area contributed by atoms with Crippen LogP contribution in [-0.4, -0.2) is 42.7 Å². The van der Waals surface area contributed by atoms with E-state index in [1.165, 1.54) is 27.8 Å². The first-order chi connectivity index (χ1) is 20.6. The number of rotatable bonds is 8. The van der Waals surface area contributed by atoms with Gasteiger partial charge in [-0.25, -0.2) is 4.98 Å². The number of aromatic nitrogens is 3. The normalized spacial score (nSPS) is 17.6. The third kappa shape index (κ3) is 5.01. The zero-order valence-corrected chi connectivity index (χ0v) is 26.8. The Hall–Kier alpha value is -4.38. The topological polar surface area (TPSA) is 37.2 Å². The molecule has 0 bridgehead atoms. The summed E-state index contributed by atoms with van der Waals surface area (Å²) in [5.41, 5.74) is 13.0. The van der Waals surface area contributed by atoms with Crippen LogP contribution in [0.15, 0.2) is 85.3 Å². The van der Waals surface area contributed by atoms with Gasteiger partial charge in [-0.1, -0.05) is 68.8 Å². The van der Waals surface area contributed by atoms with E-state index in [0.29, 0.717) is 5.92 Å². The van der Waals surface area contributed by atoms with Crippen LogP contribution in [0.5, 0.6) is 0 Å². The van der Waals surface area contributed by atoms with Crippen LogP contribution in [-0.2, 0) is 5.41 Å². The molecule has 2 aromatic heterocycles. The van der Waals surface area contributed by atoms with E-state index in [-0.39, 0.29) is 5.41 Å². The minimum atomic E-state index is 0.0477. The average molecular weight is 570 g/mol. The van der Waals surface area contributed by atoms with Crippen LogP contribution in [0.4, 0.5) is 11.4 Å². The molecule has 2 heterocycles. The molecule has 1 saturated carbocycles. The van der Waals surface area contributed by atoms with Crippen LogP contribution < -0.4 is 9.80 Å². The molecule has 0 spiro atoms. The maximum atomic E-state index is 5.25. The fraction of sp³-hybridized carbons (Fsp3) is 0.316. The van der Waals surface area contributed by atoms with Gasteiger partial charge in [-0.15, -0.1) is 0 Å². The van der Waals surface area contributed by atoms with Gasteiger partial charge >= 0.3 is 0 Å². The molecule has 2 atom stereocenters. The number of imidazole rings is 1. The standard InChI is InChI=1S/C38H43N5/c1-9-30-23-38(30,4)36-31(20-29(24-40-36)34-25(2)14-13-15-26(34)3)37-39-18-19-43(37)35-32(41(5)6)21-28(22-33(35)42(7)8)27-16-11-10-12-17-27/h10-22,24,30H,9,23H2,1-8H3/t30-,38?/m0/s1. The number of hydrogen-bond donors (Lipinski definition) is 0. The summed E-state index contributed by atoms with van der Waals surface area (Å²) in [6.07, 6.45) is 8.44. The molecule has 0 saturated heterocycles. The van der Waals surface area contributed by atoms with Crippen LogP contribution >= 0.6 is 0 Å². The Morgan fingerprint density at radius 1 is 0.814 bits per heavy atom. The lowest BCUT2D eigenvalue weighted by molar-refractivity contribution is 0.626. The molecule has 5 aromatic rings. The fourth-order valence-electron chi connectivity index (χ4n) is 6.85. The molecule has 1 aliphatic rings. The highest BCUT2D eigenvalue weighted by Crippen LogP contribution is 2.57. The first-order valence-electron chi connectivity index (χ1n) is 15.3. The van der Waals surface area contributed by atoms with Gasteiger partial charge in [-0.3, -0.25) is 9.55 Å². The van der Waals surface area contributed by atoms with Crippen LogP contribution in [0.25, 0.3) is 39.3 Å². The average Bonchev–Trinajstić information content (AvgIpc) is 3.44. The van der Waals surface area contributed by atoms with Crippen molar-refractivity contribution >= 4 is 11.4 Å². The van der Waals surface area contributed by atoms with Gasteiger partial charge in [-0.05, 0) is 72.2 Å². The summed E-state index contributed by atoms with van der Waals surface area (Å²) in [4.78, 5) is 14.7. The molecule has 0 amide bonds. The number of nitrogens with zero attached hydrogens (tertiary/aromatic N) is 5. The Labute approximate surface area is 256 Å². The van der Waals surface area contributed by atoms with Crippen molar-refractivity contribution in [3.05, 3.63) is 102 Å². The summed E-state index contributed by atoms with van der Waals surface area (Å²) in [6.45, 7) is 9.05. The molecule has 3 aromatic carbocycles. The minimum absolute atomic E-state index is 0.0477. The predicted molar refractivity (Wildman–Crippen MR) is 182 cm³/mol. The Bertz CT molecular complexity index is 1730. The fourth-order valence-corrected chi connectivity index (χ4v) is 6.85. The molecule has 0 N–H and O–H groups in total. The van der Waals surface area contributed by atoms with Crippen molar-refractivity contribution in [2.45, 2.75) is 46.0 Å². The van der Waals surface area contributed by atoms with Gasteiger partial charge in [0.05, 0.1) is 22.8 Å². The molecule has 1 fully saturated rings. The van der Waals surface area contributed by atoms with Crippen LogP contribution in [0.2, 0.25) is 0 Å². The Morgan fingerprint density at radius 3 is 2.05 bits per heavy atom. The van der Waals surface area contributed by atoms with Crippen LogP contribution in [0.3, 0.4) is 0 Å². The Morgan fingerprint density at radius 2 is 1.47 bits per heavy atom. The van der Waals surface area contributed by atoms with Crippen molar-refractivity contribution in [1.29, 1.82) is 0 Å². The van der Waals surface area contributed by atoms with Gasteiger partial charge in [0.25, 0.3) is 0 Å². The van der Waals surface area contributed by atoms with Gasteiger partial charge in [0, 0.05) is 63.3 Å². The summed E-state index contributed by atoms with van der Waals surface area (Å²) >= 11 is 0. The third-order valence-corrected chi connectivity index (χ3v) is 9.37. The maximum Gasteiger partial charge on any atom is 0.146 e. The molecule has 0 radical (unpaired) electrons. The van der Waals surface area contributed by atoms with E-state index in [0.717, 1.165) is 52.5 Å². The van der Waals surface area contributed by atoms with Crippen molar-refractivity contribution in [2.75, 3.05) is 38.0 Å². The lowest BCUT2D eigenvalue weighted by Crippen LogP contribution is -2.19. The summed E-state index contributed by atoms with van der Waals surface area (Å²) in [6, 6.07) is 24.1. The smallest absolute Gasteiger partial charge is 0.146 e. The highest BCUT2D eigenvalue weighted by atomic mass is 15.2. The second-order valence-corrected chi connectivity index (χ2v) is 12.8. The Balaban J connectivity index is 1.61. The second kappa shape index (κ2) is 11.0. The summed E-state index contributed by atoms with van der Waals surface area (Å²) in [7, 11) is 8.48. The molecule has 0 aliphatic heterocycles. The number of anilines is 2. The SMILES string of the molecule is CC[C@H]1CC1(C)c1ncc(-c2c(C)cccc2C)cc1-c1nccn1-c1c(N(C)C)cc(-c2ccccc2)cc1N(C)C. The van der Waals surface area contributed by atoms with Gasteiger partial charge in [0.1, 0.15) is 5.82 Å². The van der Waals surface area contributed by atoms with E-state index in [9.17, 15) is 0 Å². The van der Waals surface area contributed by atoms with E-state index in [1.807, 2.05) is 6.20 Å². The van der Waals surface area contributed by atoms with E-state index in [1.54, 1.807) is 0 Å². The van der Waals surface area contributed by atoms with Crippen molar-refractivity contribution in [1.82, 2.24) is 14.5 Å². The zero-order chi connectivity index (χ0) is 30.5. The molecule has 1 aliphatic carbocycles. The summed E-state index contributed by atoms with van der Waals surface area (Å²) in [5, 5.41) is 0. The third-order valence-electron chi connectivity index (χ3n) is 9.37. The molecule has 43 heavy (non-hydrogen) atoms. The highest BCUT2D eigenvalue weighted by molar-refractivity contribution is 5.86. The number of aryl methyl sites for hydroxylation is 2. The van der Waals surface area contributed by atoms with Gasteiger partial charge in [0.2, 0.25) is 0 Å². The highest BCUT2D eigenvalue weighted by Gasteiger charge is 2.52. The van der Waals surface area contributed by atoms with Crippen LogP contribution in [0.1, 0.15) is 43.5 Å². The lowest BCUT2D eigenvalue weighted by atomic mass is 9.91. The molecular formula is C38H43N5. The minimum Gasteiger partial charge on any atom is -0.376 e. The van der Waals surface area contributed by atoms with Crippen molar-refractivity contribution in [3.8, 4) is 39.3 Å². The van der Waals surface area contributed by atoms with Gasteiger partial charge in [0.15, 0.2) is 0 Å². The zero-order valence-electron chi connectivity index (χ0n) is 26.8. The predicted octanol–water partition coefficient (Wildman–Crippen LogP) is 8.70. The van der Waals surface area contributed by atoms with Crippen molar-refractivity contribution < 1.29 is 0 Å². The summed E-state index contributed by atoms with van der Waals surface area (Å²) in [5.74, 6) is 1.56. The molecule has 5 nitrogen and oxygen atoms in total. The first-order valence-corrected chi connectivity index (χ1v) is 15.3. The number of pyridine rings is 1. The number of benzene rings is 3. The van der Waals surface area contributed by atoms with Gasteiger partial charge in [-0.2, -0.15) is 0 Å². The molecule has 6 rings (SSSR count).